The van der Waals surface area contributed by atoms with E-state index in [9.17, 15) is 0 Å². The van der Waals surface area contributed by atoms with E-state index in [1.807, 2.05) is 4.68 Å². The molecular weight excluding hydrogens is 238 g/mol. The Morgan fingerprint density at radius 3 is 3.00 bits per heavy atom. The highest BCUT2D eigenvalue weighted by molar-refractivity contribution is 4.87. The fourth-order valence-electron chi connectivity index (χ4n) is 2.77. The first-order valence-electron chi connectivity index (χ1n) is 7.52. The van der Waals surface area contributed by atoms with Crippen LogP contribution in [0.2, 0.25) is 0 Å². The van der Waals surface area contributed by atoms with Gasteiger partial charge in [0.1, 0.15) is 12.2 Å². The smallest absolute Gasteiger partial charge is 0.141 e. The van der Waals surface area contributed by atoms with E-state index in [-0.39, 0.29) is 0 Å². The van der Waals surface area contributed by atoms with Crippen LogP contribution in [0.1, 0.15) is 45.5 Å². The molecule has 1 aliphatic heterocycles. The van der Waals surface area contributed by atoms with E-state index >= 15 is 0 Å². The lowest BCUT2D eigenvalue weighted by Gasteiger charge is -2.29. The molecule has 0 bridgehead atoms. The molecule has 1 fully saturated rings. The highest BCUT2D eigenvalue weighted by atomic mass is 15.4. The van der Waals surface area contributed by atoms with E-state index < -0.39 is 0 Å². The third-order valence-electron chi connectivity index (χ3n) is 3.86. The van der Waals surface area contributed by atoms with Gasteiger partial charge in [-0.25, -0.2) is 9.67 Å². The van der Waals surface area contributed by atoms with E-state index in [1.165, 1.54) is 19.4 Å². The Morgan fingerprint density at radius 1 is 1.53 bits per heavy atom. The van der Waals surface area contributed by atoms with Crippen molar-refractivity contribution in [3.05, 3.63) is 12.2 Å². The quantitative estimate of drug-likeness (QED) is 0.850. The third kappa shape index (κ3) is 4.01. The number of aromatic nitrogens is 3. The van der Waals surface area contributed by atoms with Gasteiger partial charge in [0, 0.05) is 12.6 Å². The lowest BCUT2D eigenvalue weighted by Crippen LogP contribution is -2.38. The maximum Gasteiger partial charge on any atom is 0.141 e. The lowest BCUT2D eigenvalue weighted by atomic mass is 9.99. The van der Waals surface area contributed by atoms with Crippen LogP contribution in [0.5, 0.6) is 0 Å². The number of rotatable bonds is 6. The monoisotopic (exact) mass is 265 g/mol. The maximum absolute atomic E-state index is 4.41. The summed E-state index contributed by atoms with van der Waals surface area (Å²) in [6, 6.07) is 0.382. The number of hydrogen-bond acceptors (Lipinski definition) is 4. The molecule has 5 nitrogen and oxygen atoms in total. The van der Waals surface area contributed by atoms with Crippen LogP contribution in [0, 0.1) is 5.92 Å². The van der Waals surface area contributed by atoms with Crippen molar-refractivity contribution >= 4 is 0 Å². The van der Waals surface area contributed by atoms with Crippen molar-refractivity contribution in [2.75, 3.05) is 26.2 Å². The molecule has 1 unspecified atom stereocenters. The molecule has 0 saturated carbocycles. The van der Waals surface area contributed by atoms with E-state index in [2.05, 4.69) is 41.1 Å². The molecule has 1 aromatic rings. The first-order chi connectivity index (χ1) is 9.20. The van der Waals surface area contributed by atoms with Gasteiger partial charge in [-0.1, -0.05) is 6.92 Å². The molecule has 1 aliphatic rings. The summed E-state index contributed by atoms with van der Waals surface area (Å²) in [5.74, 6) is 1.87. The topological polar surface area (TPSA) is 46.0 Å². The van der Waals surface area contributed by atoms with E-state index in [0.29, 0.717) is 6.04 Å². The Bertz CT molecular complexity index is 368. The van der Waals surface area contributed by atoms with Gasteiger partial charge >= 0.3 is 0 Å². The standard InChI is InChI=1S/C14H27N5/c1-4-18(9-13-6-5-7-15-8-13)10-14-16-11-17-19(14)12(2)3/h11-13,15H,4-10H2,1-3H3. The van der Waals surface area contributed by atoms with E-state index in [0.717, 1.165) is 37.9 Å². The van der Waals surface area contributed by atoms with Crippen LogP contribution in [0.15, 0.2) is 6.33 Å². The number of nitrogens with one attached hydrogen (secondary N) is 1. The van der Waals surface area contributed by atoms with Gasteiger partial charge in [-0.2, -0.15) is 5.10 Å². The number of nitrogens with zero attached hydrogens (tertiary/aromatic N) is 4. The molecule has 0 aliphatic carbocycles. The van der Waals surface area contributed by atoms with Crippen LogP contribution in [-0.2, 0) is 6.54 Å². The second-order valence-corrected chi connectivity index (χ2v) is 5.75. The minimum Gasteiger partial charge on any atom is -0.316 e. The van der Waals surface area contributed by atoms with Crippen LogP contribution < -0.4 is 5.32 Å². The molecule has 2 heterocycles. The van der Waals surface area contributed by atoms with Crippen molar-refractivity contribution in [2.24, 2.45) is 5.92 Å². The summed E-state index contributed by atoms with van der Waals surface area (Å²) in [5, 5.41) is 7.81. The van der Waals surface area contributed by atoms with Gasteiger partial charge in [0.2, 0.25) is 0 Å². The van der Waals surface area contributed by atoms with Gasteiger partial charge in [-0.3, -0.25) is 4.90 Å². The Kier molecular flexibility index (Phi) is 5.34. The highest BCUT2D eigenvalue weighted by Crippen LogP contribution is 2.14. The summed E-state index contributed by atoms with van der Waals surface area (Å²) in [7, 11) is 0. The molecule has 2 rings (SSSR count). The van der Waals surface area contributed by atoms with Gasteiger partial charge in [-0.15, -0.1) is 0 Å². The predicted molar refractivity (Wildman–Crippen MR) is 77.0 cm³/mol. The second kappa shape index (κ2) is 7.01. The summed E-state index contributed by atoms with van der Waals surface area (Å²) >= 11 is 0. The molecule has 1 aromatic heterocycles. The average molecular weight is 265 g/mol. The number of hydrogen-bond donors (Lipinski definition) is 1. The third-order valence-corrected chi connectivity index (χ3v) is 3.86. The minimum atomic E-state index is 0.382. The van der Waals surface area contributed by atoms with Crippen molar-refractivity contribution < 1.29 is 0 Å². The van der Waals surface area contributed by atoms with Crippen LogP contribution in [0.25, 0.3) is 0 Å². The van der Waals surface area contributed by atoms with Crippen LogP contribution in [0.3, 0.4) is 0 Å². The summed E-state index contributed by atoms with van der Waals surface area (Å²) in [5.41, 5.74) is 0. The molecule has 5 heteroatoms. The molecule has 0 spiro atoms. The molecule has 19 heavy (non-hydrogen) atoms. The second-order valence-electron chi connectivity index (χ2n) is 5.75. The summed E-state index contributed by atoms with van der Waals surface area (Å²) in [6.07, 6.45) is 4.33. The summed E-state index contributed by atoms with van der Waals surface area (Å²) < 4.78 is 2.03. The summed E-state index contributed by atoms with van der Waals surface area (Å²) in [4.78, 5) is 6.90. The zero-order valence-corrected chi connectivity index (χ0v) is 12.5. The van der Waals surface area contributed by atoms with Gasteiger partial charge in [0.25, 0.3) is 0 Å². The molecule has 0 radical (unpaired) electrons. The van der Waals surface area contributed by atoms with Gasteiger partial charge in [0.15, 0.2) is 0 Å². The number of piperidine rings is 1. The van der Waals surface area contributed by atoms with Crippen molar-refractivity contribution in [3.8, 4) is 0 Å². The minimum absolute atomic E-state index is 0.382. The SMILES string of the molecule is CCN(Cc1ncnn1C(C)C)CC1CCCNC1. The van der Waals surface area contributed by atoms with Crippen LogP contribution in [0.4, 0.5) is 0 Å². The Labute approximate surface area is 116 Å². The van der Waals surface area contributed by atoms with Gasteiger partial charge in [0.05, 0.1) is 6.54 Å². The van der Waals surface area contributed by atoms with Gasteiger partial charge < -0.3 is 5.32 Å². The predicted octanol–water partition coefficient (Wildman–Crippen LogP) is 1.68. The molecule has 1 atom stereocenters. The zero-order valence-electron chi connectivity index (χ0n) is 12.5. The fourth-order valence-corrected chi connectivity index (χ4v) is 2.77. The Hall–Kier alpha value is -0.940. The van der Waals surface area contributed by atoms with E-state index in [1.54, 1.807) is 6.33 Å². The molecule has 0 aromatic carbocycles. The zero-order chi connectivity index (χ0) is 13.7. The van der Waals surface area contributed by atoms with Crippen molar-refractivity contribution in [2.45, 2.75) is 46.2 Å². The fraction of sp³-hybridized carbons (Fsp3) is 0.857. The molecule has 108 valence electrons. The van der Waals surface area contributed by atoms with Crippen LogP contribution in [-0.4, -0.2) is 45.8 Å². The van der Waals surface area contributed by atoms with Crippen LogP contribution >= 0.6 is 0 Å². The Morgan fingerprint density at radius 2 is 2.37 bits per heavy atom. The van der Waals surface area contributed by atoms with Gasteiger partial charge in [-0.05, 0) is 52.2 Å². The molecule has 1 N–H and O–H groups in total. The van der Waals surface area contributed by atoms with Crippen molar-refractivity contribution in [1.82, 2.24) is 25.0 Å². The molecular formula is C14H27N5. The van der Waals surface area contributed by atoms with Crippen molar-refractivity contribution in [1.29, 1.82) is 0 Å². The Balaban J connectivity index is 1.92. The highest BCUT2D eigenvalue weighted by Gasteiger charge is 2.18. The van der Waals surface area contributed by atoms with E-state index in [4.69, 9.17) is 0 Å². The normalized spacial score (nSPS) is 20.4. The first-order valence-corrected chi connectivity index (χ1v) is 7.52. The average Bonchev–Trinajstić information content (AvgIpc) is 2.87. The van der Waals surface area contributed by atoms with Crippen molar-refractivity contribution in [3.63, 3.8) is 0 Å². The largest absolute Gasteiger partial charge is 0.316 e. The molecule has 0 amide bonds. The lowest BCUT2D eigenvalue weighted by molar-refractivity contribution is 0.201. The summed E-state index contributed by atoms with van der Waals surface area (Å²) in [6.45, 7) is 12.0. The molecule has 1 saturated heterocycles. The first kappa shape index (κ1) is 14.5. The maximum atomic E-state index is 4.41.